The van der Waals surface area contributed by atoms with Crippen molar-refractivity contribution in [2.24, 2.45) is 0 Å². The highest BCUT2D eigenvalue weighted by molar-refractivity contribution is 6.31. The number of anilines is 2. The summed E-state index contributed by atoms with van der Waals surface area (Å²) in [5.41, 5.74) is 3.33. The van der Waals surface area contributed by atoms with Crippen LogP contribution in [-0.2, 0) is 27.9 Å². The molecule has 186 valence electrons. The van der Waals surface area contributed by atoms with Crippen LogP contribution in [-0.4, -0.2) is 43.0 Å². The SMILES string of the molecule is CCc1ccc(C(=O)N2CCOCC2)c(NC2(Cc3cccc(Cl)c3)C(=O)Nc3cc(Cl)ccc32)c1. The van der Waals surface area contributed by atoms with Crippen molar-refractivity contribution in [3.05, 3.63) is 93.0 Å². The van der Waals surface area contributed by atoms with Gasteiger partial charge < -0.3 is 20.3 Å². The Morgan fingerprint density at radius 1 is 1.03 bits per heavy atom. The largest absolute Gasteiger partial charge is 0.378 e. The molecule has 0 aromatic heterocycles. The molecule has 1 unspecified atom stereocenters. The Morgan fingerprint density at radius 2 is 1.81 bits per heavy atom. The number of ether oxygens (including phenoxy) is 1. The third-order valence-electron chi connectivity index (χ3n) is 6.80. The van der Waals surface area contributed by atoms with Gasteiger partial charge in [-0.1, -0.05) is 54.4 Å². The molecule has 36 heavy (non-hydrogen) atoms. The van der Waals surface area contributed by atoms with Crippen LogP contribution in [0.1, 0.15) is 34.0 Å². The average Bonchev–Trinajstić information content (AvgIpc) is 3.13. The molecular formula is C28H27Cl2N3O3. The number of halogens is 2. The molecule has 1 fully saturated rings. The Bertz CT molecular complexity index is 1320. The Labute approximate surface area is 220 Å². The van der Waals surface area contributed by atoms with Crippen molar-refractivity contribution in [3.8, 4) is 0 Å². The fourth-order valence-corrected chi connectivity index (χ4v) is 5.29. The number of carbonyl (C=O) groups is 2. The predicted molar refractivity (Wildman–Crippen MR) is 143 cm³/mol. The first kappa shape index (κ1) is 24.6. The highest BCUT2D eigenvalue weighted by Crippen LogP contribution is 2.43. The van der Waals surface area contributed by atoms with Crippen LogP contribution >= 0.6 is 23.2 Å². The van der Waals surface area contributed by atoms with Crippen molar-refractivity contribution in [2.75, 3.05) is 36.9 Å². The molecule has 2 aliphatic heterocycles. The van der Waals surface area contributed by atoms with Crippen molar-refractivity contribution in [2.45, 2.75) is 25.3 Å². The van der Waals surface area contributed by atoms with Gasteiger partial charge in [0.2, 0.25) is 0 Å². The lowest BCUT2D eigenvalue weighted by Crippen LogP contribution is -2.45. The number of amides is 2. The van der Waals surface area contributed by atoms with E-state index < -0.39 is 5.54 Å². The van der Waals surface area contributed by atoms with Gasteiger partial charge in [0.25, 0.3) is 11.8 Å². The number of carbonyl (C=O) groups excluding carboxylic acids is 2. The molecule has 0 saturated carbocycles. The lowest BCUT2D eigenvalue weighted by molar-refractivity contribution is -0.119. The molecule has 2 heterocycles. The van der Waals surface area contributed by atoms with Gasteiger partial charge in [-0.15, -0.1) is 0 Å². The summed E-state index contributed by atoms with van der Waals surface area (Å²) in [6.07, 6.45) is 1.12. The normalized spacial score (nSPS) is 19.1. The summed E-state index contributed by atoms with van der Waals surface area (Å²) in [7, 11) is 0. The van der Waals surface area contributed by atoms with Gasteiger partial charge >= 0.3 is 0 Å². The quantitative estimate of drug-likeness (QED) is 0.445. The Balaban J connectivity index is 1.62. The summed E-state index contributed by atoms with van der Waals surface area (Å²) in [6.45, 7) is 4.14. The number of rotatable bonds is 6. The number of hydrogen-bond acceptors (Lipinski definition) is 4. The smallest absolute Gasteiger partial charge is 0.256 e. The maximum absolute atomic E-state index is 13.7. The van der Waals surface area contributed by atoms with Gasteiger partial charge in [-0.3, -0.25) is 9.59 Å². The van der Waals surface area contributed by atoms with E-state index in [2.05, 4.69) is 17.6 Å². The summed E-state index contributed by atoms with van der Waals surface area (Å²) in [5, 5.41) is 7.65. The summed E-state index contributed by atoms with van der Waals surface area (Å²) < 4.78 is 5.43. The summed E-state index contributed by atoms with van der Waals surface area (Å²) in [4.78, 5) is 29.1. The van der Waals surface area contributed by atoms with Crippen LogP contribution in [0.2, 0.25) is 10.0 Å². The third-order valence-corrected chi connectivity index (χ3v) is 7.27. The zero-order valence-corrected chi connectivity index (χ0v) is 21.5. The molecule has 0 spiro atoms. The summed E-state index contributed by atoms with van der Waals surface area (Å²) in [6, 6.07) is 18.6. The molecule has 3 aromatic carbocycles. The van der Waals surface area contributed by atoms with Crippen molar-refractivity contribution >= 4 is 46.4 Å². The molecule has 6 nitrogen and oxygen atoms in total. The number of hydrogen-bond donors (Lipinski definition) is 2. The average molecular weight is 524 g/mol. The van der Waals surface area contributed by atoms with Crippen LogP contribution in [0.4, 0.5) is 11.4 Å². The molecule has 8 heteroatoms. The number of benzene rings is 3. The molecule has 2 amide bonds. The highest BCUT2D eigenvalue weighted by atomic mass is 35.5. The van der Waals surface area contributed by atoms with E-state index in [9.17, 15) is 9.59 Å². The minimum atomic E-state index is -1.17. The first-order chi connectivity index (χ1) is 17.4. The van der Waals surface area contributed by atoms with E-state index in [-0.39, 0.29) is 11.8 Å². The van der Waals surface area contributed by atoms with E-state index in [1.54, 1.807) is 23.1 Å². The van der Waals surface area contributed by atoms with E-state index in [4.69, 9.17) is 27.9 Å². The van der Waals surface area contributed by atoms with Crippen LogP contribution in [0.25, 0.3) is 0 Å². The second-order valence-electron chi connectivity index (χ2n) is 9.12. The maximum atomic E-state index is 13.7. The van der Waals surface area contributed by atoms with Crippen LogP contribution < -0.4 is 10.6 Å². The lowest BCUT2D eigenvalue weighted by atomic mass is 9.84. The Hall–Kier alpha value is -3.06. The Morgan fingerprint density at radius 3 is 2.56 bits per heavy atom. The maximum Gasteiger partial charge on any atom is 0.256 e. The molecule has 0 radical (unpaired) electrons. The van der Waals surface area contributed by atoms with Gasteiger partial charge in [-0.25, -0.2) is 0 Å². The highest BCUT2D eigenvalue weighted by Gasteiger charge is 2.47. The minimum absolute atomic E-state index is 0.0870. The van der Waals surface area contributed by atoms with E-state index in [0.29, 0.717) is 59.7 Å². The summed E-state index contributed by atoms with van der Waals surface area (Å²) >= 11 is 12.5. The van der Waals surface area contributed by atoms with Crippen molar-refractivity contribution < 1.29 is 14.3 Å². The molecule has 5 rings (SSSR count). The molecule has 1 atom stereocenters. The lowest BCUT2D eigenvalue weighted by Gasteiger charge is -2.33. The number of fused-ring (bicyclic) bond motifs is 1. The third kappa shape index (κ3) is 4.69. The second-order valence-corrected chi connectivity index (χ2v) is 9.99. The van der Waals surface area contributed by atoms with Crippen LogP contribution in [0.5, 0.6) is 0 Å². The monoisotopic (exact) mass is 523 g/mol. The first-order valence-electron chi connectivity index (χ1n) is 12.0. The molecule has 0 aliphatic carbocycles. The topological polar surface area (TPSA) is 70.7 Å². The molecule has 2 aliphatic rings. The molecule has 0 bridgehead atoms. The fourth-order valence-electron chi connectivity index (χ4n) is 4.91. The van der Waals surface area contributed by atoms with Crippen molar-refractivity contribution in [1.82, 2.24) is 4.90 Å². The van der Waals surface area contributed by atoms with E-state index in [1.165, 1.54) is 0 Å². The van der Waals surface area contributed by atoms with Gasteiger partial charge in [0.05, 0.1) is 18.8 Å². The van der Waals surface area contributed by atoms with Gasteiger partial charge in [0.15, 0.2) is 0 Å². The fraction of sp³-hybridized carbons (Fsp3) is 0.286. The van der Waals surface area contributed by atoms with Gasteiger partial charge in [-0.2, -0.15) is 0 Å². The van der Waals surface area contributed by atoms with Gasteiger partial charge in [-0.05, 0) is 53.9 Å². The Kier molecular flexibility index (Phi) is 6.93. The van der Waals surface area contributed by atoms with E-state index in [0.717, 1.165) is 23.1 Å². The molecule has 3 aromatic rings. The zero-order chi connectivity index (χ0) is 25.3. The summed E-state index contributed by atoms with van der Waals surface area (Å²) in [5.74, 6) is -0.303. The number of nitrogens with zero attached hydrogens (tertiary/aromatic N) is 1. The minimum Gasteiger partial charge on any atom is -0.378 e. The molecular weight excluding hydrogens is 497 g/mol. The molecule has 2 N–H and O–H groups in total. The van der Waals surface area contributed by atoms with Gasteiger partial charge in [0, 0.05) is 46.5 Å². The van der Waals surface area contributed by atoms with Crippen LogP contribution in [0.15, 0.2) is 60.7 Å². The van der Waals surface area contributed by atoms with Crippen LogP contribution in [0.3, 0.4) is 0 Å². The predicted octanol–water partition coefficient (Wildman–Crippen LogP) is 5.53. The second kappa shape index (κ2) is 10.1. The number of morpholine rings is 1. The molecule has 1 saturated heterocycles. The number of nitrogens with one attached hydrogen (secondary N) is 2. The van der Waals surface area contributed by atoms with Crippen LogP contribution in [0, 0.1) is 0 Å². The van der Waals surface area contributed by atoms with Gasteiger partial charge in [0.1, 0.15) is 5.54 Å². The van der Waals surface area contributed by atoms with E-state index >= 15 is 0 Å². The van der Waals surface area contributed by atoms with Crippen molar-refractivity contribution in [1.29, 1.82) is 0 Å². The first-order valence-corrected chi connectivity index (χ1v) is 12.8. The number of aryl methyl sites for hydroxylation is 1. The standard InChI is InChI=1S/C28H27Cl2N3O3/c1-2-18-6-8-22(26(34)33-10-12-36-13-11-33)24(15-18)32-28(17-19-4-3-5-20(29)14-19)23-9-7-21(30)16-25(23)31-27(28)35/h3-9,14-16,32H,2,10-13,17H2,1H3,(H,31,35). The van der Waals surface area contributed by atoms with E-state index in [1.807, 2.05) is 42.5 Å². The van der Waals surface area contributed by atoms with Crippen molar-refractivity contribution in [3.63, 3.8) is 0 Å². The zero-order valence-electron chi connectivity index (χ0n) is 19.9.